The first-order chi connectivity index (χ1) is 12.5. The summed E-state index contributed by atoms with van der Waals surface area (Å²) in [5, 5.41) is 21.0. The van der Waals surface area contributed by atoms with Crippen LogP contribution in [0.2, 0.25) is 0 Å². The van der Waals surface area contributed by atoms with Gasteiger partial charge in [0.2, 0.25) is 0 Å². The van der Waals surface area contributed by atoms with Gasteiger partial charge in [0.25, 0.3) is 0 Å². The Morgan fingerprint density at radius 1 is 1.15 bits per heavy atom. The lowest BCUT2D eigenvalue weighted by Gasteiger charge is -2.24. The maximum absolute atomic E-state index is 10.6. The monoisotopic (exact) mass is 503 g/mol. The maximum atomic E-state index is 10.6. The van der Waals surface area contributed by atoms with Crippen LogP contribution in [-0.4, -0.2) is 30.8 Å². The van der Waals surface area contributed by atoms with Crippen molar-refractivity contribution in [2.45, 2.75) is 39.5 Å². The van der Waals surface area contributed by atoms with Crippen molar-refractivity contribution >= 4 is 41.3 Å². The van der Waals surface area contributed by atoms with Crippen LogP contribution < -0.4 is 10.6 Å². The third-order valence-electron chi connectivity index (χ3n) is 4.00. The van der Waals surface area contributed by atoms with Gasteiger partial charge in [-0.15, -0.1) is 24.0 Å². The minimum atomic E-state index is -0.933. The topological polar surface area (TPSA) is 65.9 Å². The number of ether oxygens (including phenoxy) is 1. The highest BCUT2D eigenvalue weighted by Crippen LogP contribution is 2.21. The highest BCUT2D eigenvalue weighted by Gasteiger charge is 2.23. The molecule has 0 aliphatic carbocycles. The van der Waals surface area contributed by atoms with E-state index in [0.717, 1.165) is 29.8 Å². The Labute approximate surface area is 183 Å². The summed E-state index contributed by atoms with van der Waals surface area (Å²) in [6.45, 7) is 8.92. The molecule has 0 amide bonds. The average Bonchev–Trinajstić information content (AvgIpc) is 3.19. The van der Waals surface area contributed by atoms with Gasteiger partial charge >= 0.3 is 0 Å². The molecule has 1 heterocycles. The fraction of sp³-hybridized carbons (Fsp3) is 0.450. The first-order valence-electron chi connectivity index (χ1n) is 8.98. The van der Waals surface area contributed by atoms with Crippen LogP contribution in [0.1, 0.15) is 37.5 Å². The van der Waals surface area contributed by atoms with E-state index in [4.69, 9.17) is 4.74 Å². The van der Waals surface area contributed by atoms with Crippen LogP contribution in [0.5, 0.6) is 0 Å². The minimum absolute atomic E-state index is 0. The van der Waals surface area contributed by atoms with Crippen LogP contribution >= 0.6 is 35.3 Å². The molecule has 27 heavy (non-hydrogen) atoms. The van der Waals surface area contributed by atoms with E-state index in [-0.39, 0.29) is 24.0 Å². The SMILES string of the molecule is CCNC(=NCc1ccc(COCC)cc1)NCC(C)(O)c1ccsc1.I. The summed E-state index contributed by atoms with van der Waals surface area (Å²) >= 11 is 1.58. The molecule has 0 radical (unpaired) electrons. The number of hydrogen-bond acceptors (Lipinski definition) is 4. The first kappa shape index (κ1) is 23.9. The van der Waals surface area contributed by atoms with Gasteiger partial charge < -0.3 is 20.5 Å². The quantitative estimate of drug-likeness (QED) is 0.276. The zero-order chi connectivity index (χ0) is 18.8. The van der Waals surface area contributed by atoms with E-state index in [0.29, 0.717) is 25.7 Å². The minimum Gasteiger partial charge on any atom is -0.384 e. The van der Waals surface area contributed by atoms with E-state index < -0.39 is 5.60 Å². The van der Waals surface area contributed by atoms with Gasteiger partial charge in [0.15, 0.2) is 5.96 Å². The van der Waals surface area contributed by atoms with E-state index >= 15 is 0 Å². The molecule has 0 spiro atoms. The molecule has 2 aromatic rings. The van der Waals surface area contributed by atoms with Crippen molar-refractivity contribution < 1.29 is 9.84 Å². The maximum Gasteiger partial charge on any atom is 0.191 e. The van der Waals surface area contributed by atoms with Gasteiger partial charge in [-0.1, -0.05) is 24.3 Å². The number of nitrogens with one attached hydrogen (secondary N) is 2. The molecule has 1 aromatic heterocycles. The zero-order valence-corrected chi connectivity index (χ0v) is 19.3. The van der Waals surface area contributed by atoms with Crippen LogP contribution in [0, 0.1) is 0 Å². The second-order valence-electron chi connectivity index (χ2n) is 6.29. The van der Waals surface area contributed by atoms with Crippen molar-refractivity contribution in [3.8, 4) is 0 Å². The predicted molar refractivity (Wildman–Crippen MR) is 124 cm³/mol. The number of rotatable bonds is 9. The highest BCUT2D eigenvalue weighted by atomic mass is 127. The van der Waals surface area contributed by atoms with E-state index in [1.54, 1.807) is 11.3 Å². The number of benzene rings is 1. The molecule has 1 atom stereocenters. The summed E-state index contributed by atoms with van der Waals surface area (Å²) in [5.74, 6) is 0.696. The molecule has 1 aromatic carbocycles. The van der Waals surface area contributed by atoms with Crippen LogP contribution in [0.15, 0.2) is 46.1 Å². The van der Waals surface area contributed by atoms with Crippen molar-refractivity contribution in [3.05, 3.63) is 57.8 Å². The molecule has 0 bridgehead atoms. The predicted octanol–water partition coefficient (Wildman–Crippen LogP) is 3.87. The Morgan fingerprint density at radius 2 is 1.85 bits per heavy atom. The molecule has 2 rings (SSSR count). The lowest BCUT2D eigenvalue weighted by Crippen LogP contribution is -2.44. The molecule has 7 heteroatoms. The second kappa shape index (κ2) is 12.3. The largest absolute Gasteiger partial charge is 0.384 e. The van der Waals surface area contributed by atoms with Crippen molar-refractivity contribution in [3.63, 3.8) is 0 Å². The van der Waals surface area contributed by atoms with Crippen molar-refractivity contribution in [1.29, 1.82) is 0 Å². The molecule has 150 valence electrons. The molecule has 0 aliphatic rings. The summed E-state index contributed by atoms with van der Waals surface area (Å²) in [5.41, 5.74) is 2.27. The Kier molecular flexibility index (Phi) is 10.9. The summed E-state index contributed by atoms with van der Waals surface area (Å²) in [6.07, 6.45) is 0. The molecule has 0 aliphatic heterocycles. The van der Waals surface area contributed by atoms with E-state index in [2.05, 4.69) is 39.9 Å². The summed E-state index contributed by atoms with van der Waals surface area (Å²) in [6, 6.07) is 10.2. The average molecular weight is 503 g/mol. The molecular formula is C20H30IN3O2S. The van der Waals surface area contributed by atoms with Gasteiger partial charge in [-0.3, -0.25) is 0 Å². The fourth-order valence-electron chi connectivity index (χ4n) is 2.40. The Balaban J connectivity index is 0.00000364. The third kappa shape index (κ3) is 8.16. The van der Waals surface area contributed by atoms with Crippen LogP contribution in [0.3, 0.4) is 0 Å². The molecule has 0 saturated carbocycles. The molecule has 0 saturated heterocycles. The Hall–Kier alpha value is -1.16. The molecule has 3 N–H and O–H groups in total. The Bertz CT molecular complexity index is 673. The summed E-state index contributed by atoms with van der Waals surface area (Å²) in [7, 11) is 0. The molecule has 1 unspecified atom stereocenters. The van der Waals surface area contributed by atoms with Crippen LogP contribution in [0.25, 0.3) is 0 Å². The number of thiophene rings is 1. The standard InChI is InChI=1S/C20H29N3O2S.HI/c1-4-21-19(23-15-20(3,24)18-10-11-26-14-18)22-12-16-6-8-17(9-7-16)13-25-5-2;/h6-11,14,24H,4-5,12-13,15H2,1-3H3,(H2,21,22,23);1H. The van der Waals surface area contributed by atoms with E-state index in [9.17, 15) is 5.11 Å². The normalized spacial score (nSPS) is 13.6. The molecule has 0 fully saturated rings. The van der Waals surface area contributed by atoms with E-state index in [1.165, 1.54) is 0 Å². The van der Waals surface area contributed by atoms with Gasteiger partial charge in [-0.2, -0.15) is 11.3 Å². The summed E-state index contributed by atoms with van der Waals surface area (Å²) in [4.78, 5) is 4.61. The van der Waals surface area contributed by atoms with Crippen molar-refractivity contribution in [2.75, 3.05) is 19.7 Å². The van der Waals surface area contributed by atoms with Gasteiger partial charge in [0.05, 0.1) is 19.7 Å². The van der Waals surface area contributed by atoms with Crippen molar-refractivity contribution in [2.24, 2.45) is 4.99 Å². The van der Waals surface area contributed by atoms with E-state index in [1.807, 2.05) is 37.6 Å². The van der Waals surface area contributed by atoms with Gasteiger partial charge in [0, 0.05) is 13.2 Å². The number of nitrogens with zero attached hydrogens (tertiary/aromatic N) is 1. The van der Waals surface area contributed by atoms with Gasteiger partial charge in [-0.05, 0) is 54.3 Å². The van der Waals surface area contributed by atoms with Crippen LogP contribution in [-0.2, 0) is 23.5 Å². The Morgan fingerprint density at radius 3 is 2.44 bits per heavy atom. The number of hydrogen-bond donors (Lipinski definition) is 3. The lowest BCUT2D eigenvalue weighted by atomic mass is 9.99. The zero-order valence-electron chi connectivity index (χ0n) is 16.2. The number of aliphatic imine (C=N–C) groups is 1. The number of aliphatic hydroxyl groups is 1. The smallest absolute Gasteiger partial charge is 0.191 e. The number of guanidine groups is 1. The van der Waals surface area contributed by atoms with Gasteiger partial charge in [-0.25, -0.2) is 4.99 Å². The fourth-order valence-corrected chi connectivity index (χ4v) is 3.18. The lowest BCUT2D eigenvalue weighted by molar-refractivity contribution is 0.0621. The second-order valence-corrected chi connectivity index (χ2v) is 7.07. The molecular weight excluding hydrogens is 473 g/mol. The number of halogens is 1. The highest BCUT2D eigenvalue weighted by molar-refractivity contribution is 14.0. The van der Waals surface area contributed by atoms with Crippen LogP contribution in [0.4, 0.5) is 0 Å². The summed E-state index contributed by atoms with van der Waals surface area (Å²) < 4.78 is 5.41. The third-order valence-corrected chi connectivity index (χ3v) is 4.69. The van der Waals surface area contributed by atoms with Crippen molar-refractivity contribution in [1.82, 2.24) is 10.6 Å². The molecule has 5 nitrogen and oxygen atoms in total. The first-order valence-corrected chi connectivity index (χ1v) is 9.92. The van der Waals surface area contributed by atoms with Gasteiger partial charge in [0.1, 0.15) is 5.60 Å².